The van der Waals surface area contributed by atoms with Gasteiger partial charge in [-0.15, -0.1) is 11.3 Å². The van der Waals surface area contributed by atoms with Crippen molar-refractivity contribution < 1.29 is 9.47 Å². The first-order valence-corrected chi connectivity index (χ1v) is 6.18. The molecule has 4 heteroatoms. The van der Waals surface area contributed by atoms with Crippen LogP contribution in [0.15, 0.2) is 10.8 Å². The zero-order valence-electron chi connectivity index (χ0n) is 7.38. The quantitative estimate of drug-likeness (QED) is 0.725. The van der Waals surface area contributed by atoms with Gasteiger partial charge in [0.05, 0.1) is 13.2 Å². The van der Waals surface area contributed by atoms with E-state index in [9.17, 15) is 0 Å². The molecule has 2 rings (SSSR count). The molecule has 1 aliphatic rings. The molecule has 0 amide bonds. The first kappa shape index (κ1) is 9.34. The molecule has 13 heavy (non-hydrogen) atoms. The van der Waals surface area contributed by atoms with Gasteiger partial charge in [-0.25, -0.2) is 0 Å². The molecule has 1 aliphatic heterocycles. The molecule has 0 unspecified atom stereocenters. The third kappa shape index (κ3) is 1.83. The van der Waals surface area contributed by atoms with E-state index in [0.717, 1.165) is 16.8 Å². The van der Waals surface area contributed by atoms with Crippen LogP contribution < -0.4 is 9.47 Å². The number of alkyl halides is 1. The van der Waals surface area contributed by atoms with Gasteiger partial charge in [-0.1, -0.05) is 22.9 Å². The van der Waals surface area contributed by atoms with Crippen LogP contribution >= 0.6 is 27.3 Å². The summed E-state index contributed by atoms with van der Waals surface area (Å²) in [5, 5.41) is 4.86. The average molecular weight is 263 g/mol. The van der Waals surface area contributed by atoms with E-state index in [2.05, 4.69) is 22.9 Å². The Balaban J connectivity index is 2.16. The number of hydrogen-bond acceptors (Lipinski definition) is 3. The zero-order valence-corrected chi connectivity index (χ0v) is 9.78. The van der Waals surface area contributed by atoms with E-state index in [1.54, 1.807) is 11.3 Å². The minimum Gasteiger partial charge on any atom is -0.488 e. The summed E-state index contributed by atoms with van der Waals surface area (Å²) in [7, 11) is 0. The van der Waals surface area contributed by atoms with Gasteiger partial charge in [0.25, 0.3) is 0 Å². The second-order valence-electron chi connectivity index (χ2n) is 3.62. The van der Waals surface area contributed by atoms with E-state index in [0.29, 0.717) is 13.2 Å². The molecule has 1 aromatic heterocycles. The van der Waals surface area contributed by atoms with Gasteiger partial charge >= 0.3 is 0 Å². The molecular weight excluding hydrogens is 252 g/mol. The molecule has 72 valence electrons. The summed E-state index contributed by atoms with van der Waals surface area (Å²) >= 11 is 5.09. The van der Waals surface area contributed by atoms with E-state index in [1.807, 2.05) is 10.8 Å². The maximum Gasteiger partial charge on any atom is 0.171 e. The van der Waals surface area contributed by atoms with Gasteiger partial charge in [0.15, 0.2) is 11.5 Å². The molecule has 0 N–H and O–H groups in total. The lowest BCUT2D eigenvalue weighted by Crippen LogP contribution is -2.31. The highest BCUT2D eigenvalue weighted by Gasteiger charge is 2.29. The predicted octanol–water partition coefficient (Wildman–Crippen LogP) is 2.92. The fourth-order valence-corrected chi connectivity index (χ4v) is 2.11. The van der Waals surface area contributed by atoms with E-state index >= 15 is 0 Å². The first-order chi connectivity index (χ1) is 6.23. The van der Waals surface area contributed by atoms with E-state index in [4.69, 9.17) is 9.47 Å². The van der Waals surface area contributed by atoms with Crippen LogP contribution in [0.1, 0.15) is 6.92 Å². The summed E-state index contributed by atoms with van der Waals surface area (Å²) < 4.78 is 11.3. The number of rotatable bonds is 1. The van der Waals surface area contributed by atoms with Crippen LogP contribution in [0.25, 0.3) is 0 Å². The third-order valence-corrected chi connectivity index (χ3v) is 4.12. The summed E-state index contributed by atoms with van der Waals surface area (Å²) in [5.41, 5.74) is 0.0800. The van der Waals surface area contributed by atoms with E-state index in [-0.39, 0.29) is 5.41 Å². The van der Waals surface area contributed by atoms with Crippen molar-refractivity contribution in [2.45, 2.75) is 6.92 Å². The van der Waals surface area contributed by atoms with Crippen molar-refractivity contribution in [1.29, 1.82) is 0 Å². The number of hydrogen-bond donors (Lipinski definition) is 0. The number of halogens is 1. The molecule has 1 aromatic rings. The van der Waals surface area contributed by atoms with Crippen LogP contribution in [0, 0.1) is 5.41 Å². The number of thiophene rings is 1. The highest BCUT2D eigenvalue weighted by atomic mass is 79.9. The molecule has 2 nitrogen and oxygen atoms in total. The number of ether oxygens (including phenoxy) is 2. The second kappa shape index (κ2) is 3.50. The minimum atomic E-state index is 0.0800. The Morgan fingerprint density at radius 3 is 2.38 bits per heavy atom. The molecule has 0 saturated heterocycles. The molecule has 0 atom stereocenters. The highest BCUT2D eigenvalue weighted by molar-refractivity contribution is 9.09. The SMILES string of the molecule is CC1(CBr)COc2cscc2OC1. The molecule has 2 heterocycles. The maximum atomic E-state index is 5.65. The standard InChI is InChI=1S/C9H11BrO2S/c1-9(4-10)5-11-7-2-13-3-8(7)12-6-9/h2-3H,4-6H2,1H3. The van der Waals surface area contributed by atoms with Gasteiger partial charge in [-0.3, -0.25) is 0 Å². The molecule has 0 saturated carbocycles. The summed E-state index contributed by atoms with van der Waals surface area (Å²) in [5.74, 6) is 1.77. The van der Waals surface area contributed by atoms with Gasteiger partial charge in [0, 0.05) is 21.5 Å². The summed E-state index contributed by atoms with van der Waals surface area (Å²) in [6, 6.07) is 0. The lowest BCUT2D eigenvalue weighted by atomic mass is 9.96. The van der Waals surface area contributed by atoms with E-state index in [1.165, 1.54) is 0 Å². The Hall–Kier alpha value is -0.220. The second-order valence-corrected chi connectivity index (χ2v) is 4.93. The lowest BCUT2D eigenvalue weighted by molar-refractivity contribution is 0.145. The van der Waals surface area contributed by atoms with Crippen molar-refractivity contribution in [3.63, 3.8) is 0 Å². The van der Waals surface area contributed by atoms with Gasteiger partial charge in [-0.05, 0) is 0 Å². The van der Waals surface area contributed by atoms with Gasteiger partial charge in [-0.2, -0.15) is 0 Å². The van der Waals surface area contributed by atoms with Crippen LogP contribution in [0.5, 0.6) is 11.5 Å². The maximum absolute atomic E-state index is 5.65. The fraction of sp³-hybridized carbons (Fsp3) is 0.556. The average Bonchev–Trinajstić information content (AvgIpc) is 2.54. The van der Waals surface area contributed by atoms with E-state index < -0.39 is 0 Å². The topological polar surface area (TPSA) is 18.5 Å². The molecular formula is C9H11BrO2S. The Morgan fingerprint density at radius 2 is 1.92 bits per heavy atom. The van der Waals surface area contributed by atoms with Crippen LogP contribution in [0.3, 0.4) is 0 Å². The summed E-state index contributed by atoms with van der Waals surface area (Å²) in [4.78, 5) is 0. The van der Waals surface area contributed by atoms with Gasteiger partial charge < -0.3 is 9.47 Å². The van der Waals surface area contributed by atoms with Crippen molar-refractivity contribution in [1.82, 2.24) is 0 Å². The Labute approximate surface area is 90.0 Å². The Kier molecular flexibility index (Phi) is 2.51. The normalized spacial score (nSPS) is 19.5. The van der Waals surface area contributed by atoms with Crippen molar-refractivity contribution in [3.05, 3.63) is 10.8 Å². The van der Waals surface area contributed by atoms with Crippen LogP contribution in [0.2, 0.25) is 0 Å². The fourth-order valence-electron chi connectivity index (χ4n) is 1.11. The third-order valence-electron chi connectivity index (χ3n) is 2.07. The Bertz CT molecular complexity index is 275. The smallest absolute Gasteiger partial charge is 0.171 e. The molecule has 0 aliphatic carbocycles. The van der Waals surface area contributed by atoms with Gasteiger partial charge in [0.1, 0.15) is 0 Å². The monoisotopic (exact) mass is 262 g/mol. The van der Waals surface area contributed by atoms with Crippen molar-refractivity contribution >= 4 is 27.3 Å². The molecule has 0 radical (unpaired) electrons. The highest BCUT2D eigenvalue weighted by Crippen LogP contribution is 2.37. The Morgan fingerprint density at radius 1 is 1.38 bits per heavy atom. The first-order valence-electron chi connectivity index (χ1n) is 4.11. The van der Waals surface area contributed by atoms with Crippen molar-refractivity contribution in [3.8, 4) is 11.5 Å². The summed E-state index contributed by atoms with van der Waals surface area (Å²) in [6.45, 7) is 3.57. The molecule has 0 bridgehead atoms. The van der Waals surface area contributed by atoms with Gasteiger partial charge in [0.2, 0.25) is 0 Å². The van der Waals surface area contributed by atoms with Crippen molar-refractivity contribution in [2.24, 2.45) is 5.41 Å². The zero-order chi connectivity index (χ0) is 9.31. The molecule has 0 aromatic carbocycles. The van der Waals surface area contributed by atoms with Crippen molar-refractivity contribution in [2.75, 3.05) is 18.5 Å². The lowest BCUT2D eigenvalue weighted by Gasteiger charge is -2.23. The minimum absolute atomic E-state index is 0.0800. The number of fused-ring (bicyclic) bond motifs is 1. The largest absolute Gasteiger partial charge is 0.488 e. The predicted molar refractivity (Wildman–Crippen MR) is 57.2 cm³/mol. The van der Waals surface area contributed by atoms with Crippen LogP contribution in [0.4, 0.5) is 0 Å². The molecule has 0 spiro atoms. The summed E-state index contributed by atoms with van der Waals surface area (Å²) in [6.07, 6.45) is 0. The molecule has 0 fully saturated rings. The van der Waals surface area contributed by atoms with Crippen LogP contribution in [-0.2, 0) is 0 Å². The van der Waals surface area contributed by atoms with Crippen LogP contribution in [-0.4, -0.2) is 18.5 Å².